The van der Waals surface area contributed by atoms with Crippen LogP contribution < -0.4 is 11.1 Å². The lowest BCUT2D eigenvalue weighted by atomic mass is 9.83. The molecule has 1 unspecified atom stereocenters. The summed E-state index contributed by atoms with van der Waals surface area (Å²) in [6.45, 7) is 4.35. The van der Waals surface area contributed by atoms with Crippen LogP contribution in [-0.4, -0.2) is 62.1 Å². The van der Waals surface area contributed by atoms with Crippen LogP contribution in [0.2, 0.25) is 6.32 Å². The van der Waals surface area contributed by atoms with Gasteiger partial charge in [-0.05, 0) is 38.3 Å². The second-order valence-electron chi connectivity index (χ2n) is 6.38. The molecule has 0 bridgehead atoms. The number of carbonyl (C=O) groups is 1. The number of piperidine rings is 1. The average molecular weight is 279 g/mol. The molecular formula is C14H26BN3O2. The molecule has 0 aromatic rings. The Labute approximate surface area is 122 Å². The molecule has 2 heterocycles. The molecule has 2 rings (SSSR count). The van der Waals surface area contributed by atoms with Gasteiger partial charge in [0.05, 0.1) is 7.85 Å². The van der Waals surface area contributed by atoms with E-state index < -0.39 is 11.5 Å². The number of carboxylic acid groups (broad SMARTS) is 1. The van der Waals surface area contributed by atoms with Crippen LogP contribution in [0.4, 0.5) is 0 Å². The van der Waals surface area contributed by atoms with Gasteiger partial charge in [0.15, 0.2) is 0 Å². The standard InChI is InChI=1S/C14H26BN3O2/c15-5-1-4-12-9-18(10-14(12,16)13(19)20)8-11-3-2-6-17-7-11/h11-12,17H,1-10,16H2,(H,19,20)/t11?,12-,14-/m0/s1. The highest BCUT2D eigenvalue weighted by atomic mass is 16.4. The molecule has 0 amide bonds. The lowest BCUT2D eigenvalue weighted by Crippen LogP contribution is -2.55. The van der Waals surface area contributed by atoms with E-state index in [1.807, 2.05) is 0 Å². The van der Waals surface area contributed by atoms with Crippen LogP contribution in [0, 0.1) is 11.8 Å². The zero-order valence-corrected chi connectivity index (χ0v) is 12.2. The number of rotatable bonds is 6. The van der Waals surface area contributed by atoms with Crippen molar-refractivity contribution in [2.24, 2.45) is 17.6 Å². The van der Waals surface area contributed by atoms with Crippen LogP contribution in [0.25, 0.3) is 0 Å². The minimum atomic E-state index is -1.10. The van der Waals surface area contributed by atoms with Crippen molar-refractivity contribution in [1.29, 1.82) is 0 Å². The van der Waals surface area contributed by atoms with Gasteiger partial charge in [0, 0.05) is 25.6 Å². The lowest BCUT2D eigenvalue weighted by molar-refractivity contribution is -0.144. The van der Waals surface area contributed by atoms with Crippen molar-refractivity contribution in [3.63, 3.8) is 0 Å². The molecule has 5 nitrogen and oxygen atoms in total. The summed E-state index contributed by atoms with van der Waals surface area (Å²) < 4.78 is 0. The van der Waals surface area contributed by atoms with E-state index >= 15 is 0 Å². The fraction of sp³-hybridized carbons (Fsp3) is 0.929. The third kappa shape index (κ3) is 3.54. The van der Waals surface area contributed by atoms with Crippen LogP contribution in [0.1, 0.15) is 25.7 Å². The Morgan fingerprint density at radius 3 is 2.95 bits per heavy atom. The summed E-state index contributed by atoms with van der Waals surface area (Å²) in [4.78, 5) is 13.8. The Kier molecular flexibility index (Phi) is 5.46. The lowest BCUT2D eigenvalue weighted by Gasteiger charge is -2.28. The molecule has 6 heteroatoms. The van der Waals surface area contributed by atoms with E-state index in [2.05, 4.69) is 10.2 Å². The van der Waals surface area contributed by atoms with Crippen LogP contribution in [0.3, 0.4) is 0 Å². The molecule has 2 aliphatic rings. The molecule has 0 aromatic heterocycles. The fourth-order valence-electron chi connectivity index (χ4n) is 3.58. The minimum Gasteiger partial charge on any atom is -0.480 e. The Morgan fingerprint density at radius 2 is 2.35 bits per heavy atom. The van der Waals surface area contributed by atoms with E-state index in [9.17, 15) is 9.90 Å². The average Bonchev–Trinajstić information content (AvgIpc) is 2.75. The van der Waals surface area contributed by atoms with Crippen LogP contribution in [-0.2, 0) is 4.79 Å². The molecule has 0 aromatic carbocycles. The number of likely N-dealkylation sites (tertiary alicyclic amines) is 1. The molecule has 0 saturated carbocycles. The molecular weight excluding hydrogens is 253 g/mol. The predicted molar refractivity (Wildman–Crippen MR) is 79.9 cm³/mol. The molecule has 2 fully saturated rings. The minimum absolute atomic E-state index is 0.0140. The summed E-state index contributed by atoms with van der Waals surface area (Å²) in [7, 11) is 5.55. The van der Waals surface area contributed by atoms with Gasteiger partial charge in [0.25, 0.3) is 0 Å². The summed E-state index contributed by atoms with van der Waals surface area (Å²) in [6.07, 6.45) is 4.68. The van der Waals surface area contributed by atoms with Gasteiger partial charge in [-0.1, -0.05) is 12.7 Å². The van der Waals surface area contributed by atoms with E-state index in [0.29, 0.717) is 18.8 Å². The monoisotopic (exact) mass is 279 g/mol. The summed E-state index contributed by atoms with van der Waals surface area (Å²) in [6, 6.07) is 0. The molecule has 0 aliphatic carbocycles. The van der Waals surface area contributed by atoms with Crippen LogP contribution >= 0.6 is 0 Å². The predicted octanol–water partition coefficient (Wildman–Crippen LogP) is 0.0669. The van der Waals surface area contributed by atoms with Crippen LogP contribution in [0.5, 0.6) is 0 Å². The summed E-state index contributed by atoms with van der Waals surface area (Å²) in [5.41, 5.74) is 5.08. The Morgan fingerprint density at radius 1 is 1.55 bits per heavy atom. The molecule has 0 spiro atoms. The number of nitrogens with one attached hydrogen (secondary N) is 1. The van der Waals surface area contributed by atoms with E-state index in [-0.39, 0.29) is 5.92 Å². The highest BCUT2D eigenvalue weighted by Gasteiger charge is 2.49. The van der Waals surface area contributed by atoms with E-state index in [0.717, 1.165) is 39.0 Å². The first kappa shape index (κ1) is 15.8. The highest BCUT2D eigenvalue weighted by Crippen LogP contribution is 2.31. The molecule has 2 aliphatic heterocycles. The largest absolute Gasteiger partial charge is 0.480 e. The van der Waals surface area contributed by atoms with E-state index in [1.54, 1.807) is 0 Å². The van der Waals surface area contributed by atoms with Crippen molar-refractivity contribution < 1.29 is 9.90 Å². The molecule has 2 radical (unpaired) electrons. The maximum atomic E-state index is 11.5. The Balaban J connectivity index is 1.94. The van der Waals surface area contributed by atoms with Gasteiger partial charge >= 0.3 is 5.97 Å². The van der Waals surface area contributed by atoms with Gasteiger partial charge in [-0.3, -0.25) is 4.79 Å². The smallest absolute Gasteiger partial charge is 0.325 e. The molecule has 4 N–H and O–H groups in total. The second kappa shape index (κ2) is 6.92. The van der Waals surface area contributed by atoms with Crippen LogP contribution in [0.15, 0.2) is 0 Å². The number of hydrogen-bond donors (Lipinski definition) is 3. The third-order valence-electron chi connectivity index (χ3n) is 4.76. The zero-order valence-electron chi connectivity index (χ0n) is 12.2. The van der Waals surface area contributed by atoms with Crippen molar-refractivity contribution >= 4 is 13.8 Å². The molecule has 112 valence electrons. The number of nitrogens with two attached hydrogens (primary N) is 1. The van der Waals surface area contributed by atoms with Gasteiger partial charge in [0.2, 0.25) is 0 Å². The van der Waals surface area contributed by atoms with Crippen molar-refractivity contribution in [3.05, 3.63) is 0 Å². The van der Waals surface area contributed by atoms with Crippen molar-refractivity contribution in [2.45, 2.75) is 37.5 Å². The highest BCUT2D eigenvalue weighted by molar-refractivity contribution is 6.08. The van der Waals surface area contributed by atoms with Gasteiger partial charge in [-0.15, -0.1) is 0 Å². The SMILES string of the molecule is [B]CCC[C@H]1CN(CC2CCCNC2)C[C@@]1(N)C(=O)O. The van der Waals surface area contributed by atoms with Gasteiger partial charge < -0.3 is 21.1 Å². The first-order valence-electron chi connectivity index (χ1n) is 7.71. The summed E-state index contributed by atoms with van der Waals surface area (Å²) >= 11 is 0. The van der Waals surface area contributed by atoms with E-state index in [1.165, 1.54) is 12.8 Å². The summed E-state index contributed by atoms with van der Waals surface area (Å²) in [5, 5.41) is 12.9. The molecule has 20 heavy (non-hydrogen) atoms. The zero-order chi connectivity index (χ0) is 14.6. The second-order valence-corrected chi connectivity index (χ2v) is 6.38. The van der Waals surface area contributed by atoms with Gasteiger partial charge in [-0.25, -0.2) is 0 Å². The topological polar surface area (TPSA) is 78.6 Å². The molecule has 2 saturated heterocycles. The Hall–Kier alpha value is -0.585. The third-order valence-corrected chi connectivity index (χ3v) is 4.76. The maximum absolute atomic E-state index is 11.5. The first-order valence-corrected chi connectivity index (χ1v) is 7.71. The number of nitrogens with zero attached hydrogens (tertiary/aromatic N) is 1. The quantitative estimate of drug-likeness (QED) is 0.600. The maximum Gasteiger partial charge on any atom is 0.325 e. The Bertz CT molecular complexity index is 336. The normalized spacial score (nSPS) is 35.2. The van der Waals surface area contributed by atoms with Gasteiger partial charge in [-0.2, -0.15) is 0 Å². The number of hydrogen-bond acceptors (Lipinski definition) is 4. The number of aliphatic carboxylic acids is 1. The van der Waals surface area contributed by atoms with Crippen molar-refractivity contribution in [3.8, 4) is 0 Å². The van der Waals surface area contributed by atoms with Gasteiger partial charge in [0.1, 0.15) is 5.54 Å². The first-order chi connectivity index (χ1) is 9.56. The van der Waals surface area contributed by atoms with Crippen molar-refractivity contribution in [1.82, 2.24) is 10.2 Å². The fourth-order valence-corrected chi connectivity index (χ4v) is 3.58. The summed E-state index contributed by atoms with van der Waals surface area (Å²) in [5.74, 6) is -0.237. The van der Waals surface area contributed by atoms with E-state index in [4.69, 9.17) is 13.6 Å². The number of carboxylic acids is 1. The molecule has 3 atom stereocenters. The van der Waals surface area contributed by atoms with Crippen molar-refractivity contribution in [2.75, 3.05) is 32.7 Å².